The third kappa shape index (κ3) is 23.5. The number of carbonyl (C=O) groups excluding carboxylic acids is 9. The van der Waals surface area contributed by atoms with Crippen LogP contribution in [-0.4, -0.2) is 138 Å². The van der Waals surface area contributed by atoms with Crippen LogP contribution in [0.2, 0.25) is 0 Å². The molecule has 0 bridgehead atoms. The van der Waals surface area contributed by atoms with Gasteiger partial charge in [0.25, 0.3) is 23.6 Å². The first-order valence-corrected chi connectivity index (χ1v) is 31.4. The molecule has 5 aromatic rings. The van der Waals surface area contributed by atoms with E-state index in [1.54, 1.807) is 0 Å². The fraction of sp³-hybridized carbons (Fsp3) is 0.418. The van der Waals surface area contributed by atoms with Gasteiger partial charge in [0.05, 0.1) is 56.7 Å². The van der Waals surface area contributed by atoms with E-state index in [9.17, 15) is 43.2 Å². The van der Waals surface area contributed by atoms with Crippen molar-refractivity contribution in [2.24, 2.45) is 34.4 Å². The molecule has 1 unspecified atom stereocenters. The maximum absolute atomic E-state index is 14.4. The average molecular weight is 1300 g/mol. The number of unbranched alkanes of at least 4 members (excludes halogenated alkanes) is 6. The molecule has 0 fully saturated rings. The highest BCUT2D eigenvalue weighted by molar-refractivity contribution is 6.08. The Morgan fingerprint density at radius 3 is 0.957 bits per heavy atom. The van der Waals surface area contributed by atoms with Crippen LogP contribution in [0.1, 0.15) is 137 Å². The van der Waals surface area contributed by atoms with Gasteiger partial charge in [-0.3, -0.25) is 43.2 Å². The minimum Gasteiger partial charge on any atom is -0.496 e. The van der Waals surface area contributed by atoms with Gasteiger partial charge in [-0.05, 0) is 175 Å². The van der Waals surface area contributed by atoms with Gasteiger partial charge < -0.3 is 95.9 Å². The smallest absolute Gasteiger partial charge is 0.255 e. The first-order chi connectivity index (χ1) is 45.3. The summed E-state index contributed by atoms with van der Waals surface area (Å²) in [6.45, 7) is 1.51. The summed E-state index contributed by atoms with van der Waals surface area (Å²) >= 11 is 0. The highest BCUT2D eigenvalue weighted by Crippen LogP contribution is 2.28. The minimum absolute atomic E-state index is 0.0186. The van der Waals surface area contributed by atoms with E-state index in [-0.39, 0.29) is 100 Å². The second kappa shape index (κ2) is 39.7. The third-order valence-electron chi connectivity index (χ3n) is 15.3. The first-order valence-electron chi connectivity index (χ1n) is 31.4. The van der Waals surface area contributed by atoms with Crippen molar-refractivity contribution in [3.8, 4) is 23.0 Å². The summed E-state index contributed by atoms with van der Waals surface area (Å²) in [5.74, 6) is -5.43. The van der Waals surface area contributed by atoms with Gasteiger partial charge in [-0.2, -0.15) is 0 Å². The van der Waals surface area contributed by atoms with Crippen molar-refractivity contribution >= 4 is 75.9 Å². The van der Waals surface area contributed by atoms with Crippen LogP contribution in [-0.2, 0) is 30.4 Å². The van der Waals surface area contributed by atoms with Gasteiger partial charge in [-0.15, -0.1) is 0 Å². The number of methoxy groups -OCH3 is 4. The molecule has 27 nitrogen and oxygen atoms in total. The quantitative estimate of drug-likeness (QED) is 0.0242. The lowest BCUT2D eigenvalue weighted by atomic mass is 10.0. The Kier molecular flexibility index (Phi) is 31.7. The summed E-state index contributed by atoms with van der Waals surface area (Å²) in [6, 6.07) is 21.3. The van der Waals surface area contributed by atoms with Crippen LogP contribution in [0.4, 0.5) is 22.7 Å². The molecule has 0 heterocycles. The van der Waals surface area contributed by atoms with Gasteiger partial charge >= 0.3 is 0 Å². The van der Waals surface area contributed by atoms with Crippen LogP contribution in [0.3, 0.4) is 0 Å². The van der Waals surface area contributed by atoms with Crippen molar-refractivity contribution in [2.45, 2.75) is 127 Å². The molecule has 5 rings (SSSR count). The molecule has 20 N–H and O–H groups in total. The largest absolute Gasteiger partial charge is 0.496 e. The summed E-state index contributed by atoms with van der Waals surface area (Å²) in [5, 5.41) is 22.3. The lowest BCUT2D eigenvalue weighted by Crippen LogP contribution is -2.50. The molecule has 5 aromatic carbocycles. The van der Waals surface area contributed by atoms with Crippen LogP contribution >= 0.6 is 0 Å². The minimum atomic E-state index is -1.19. The summed E-state index contributed by atoms with van der Waals surface area (Å²) in [7, 11) is 5.42. The molecule has 27 heteroatoms. The molecule has 0 saturated heterocycles. The highest BCUT2D eigenvalue weighted by atomic mass is 16.5. The average Bonchev–Trinajstić information content (AvgIpc) is 0.903. The monoisotopic (exact) mass is 1300 g/mol. The number of nitrogens with two attached hydrogens (primary N) is 6. The van der Waals surface area contributed by atoms with Gasteiger partial charge in [-0.1, -0.05) is 56.0 Å². The molecule has 0 aliphatic carbocycles. The van der Waals surface area contributed by atoms with Crippen molar-refractivity contribution in [3.63, 3.8) is 0 Å². The number of hydrogen-bond donors (Lipinski definition) is 14. The molecular weight excluding hydrogens is 1210 g/mol. The van der Waals surface area contributed by atoms with Crippen LogP contribution in [0.5, 0.6) is 23.0 Å². The second-order valence-corrected chi connectivity index (χ2v) is 22.3. The number of primary amides is 1. The van der Waals surface area contributed by atoms with Crippen molar-refractivity contribution in [3.05, 3.63) is 131 Å². The zero-order valence-corrected chi connectivity index (χ0v) is 53.9. The lowest BCUT2D eigenvalue weighted by molar-refractivity contribution is -0.127. The topological polar surface area (TPSA) is 443 Å². The molecule has 0 spiro atoms. The van der Waals surface area contributed by atoms with Gasteiger partial charge in [0.2, 0.25) is 29.5 Å². The maximum Gasteiger partial charge on any atom is 0.255 e. The number of amides is 9. The standard InChI is InChI=1S/C67H92N14O13/c1-91-55-28-24-42(37-46(55)59(73)82)74-65(88)52(22-12-16-34-70)79-61(84)49-39-44(26-30-58(49)94-4)76-66(89)53(23-13-17-35-71)80-62(85)48-38-43(25-29-57(48)93-3)75-64(87)51(20-10-6-14-32-68)78-60(83)47-40-45(27-31-56(47)92-2)77-67(90)54(21-11-7-15-33-69)81-63(86)50(72)36-41-18-8-5-9-19-41/h5,8-9,18-19,24-31,37-40,50-54H,6-7,10-17,20-23,32-36,68-72H2,1-4H3,(H2,73,82)(H,74,88)(H,75,87)(H,76,89)(H,77,90)(H,78,83)(H,79,84)(H,80,85)(H,81,86)/t50-,51-,52?,53-,54-/m0/s1. The SMILES string of the molecule is COc1ccc(NC(=O)C(CCCCN)NC(=O)c2cc(NC(=O)[C@H](CCCCN)NC(=O)c3cc(NC(=O)[C@H](CCCCCN)NC(=O)c4cc(NC(=O)[C@H](CCCCCN)NC(=O)[C@@H](N)Cc5ccccc5)ccc4OC)ccc3OC)ccc2OC)cc1C(N)=O. The molecular formula is C67H92N14O13. The molecule has 0 radical (unpaired) electrons. The van der Waals surface area contributed by atoms with E-state index >= 15 is 0 Å². The first kappa shape index (κ1) is 75.1. The molecule has 508 valence electrons. The van der Waals surface area contributed by atoms with E-state index in [1.165, 1.54) is 101 Å². The van der Waals surface area contributed by atoms with E-state index < -0.39 is 83.4 Å². The Bertz CT molecular complexity index is 3350. The summed E-state index contributed by atoms with van der Waals surface area (Å²) in [6.07, 6.45) is 6.73. The fourth-order valence-electron chi connectivity index (χ4n) is 10.1. The molecule has 0 aromatic heterocycles. The van der Waals surface area contributed by atoms with Crippen LogP contribution in [0.15, 0.2) is 103 Å². The van der Waals surface area contributed by atoms with E-state index in [4.69, 9.17) is 53.3 Å². The Hall–Kier alpha value is -9.67. The molecule has 5 atom stereocenters. The zero-order valence-electron chi connectivity index (χ0n) is 53.9. The predicted octanol–water partition coefficient (Wildman–Crippen LogP) is 4.32. The molecule has 9 amide bonds. The van der Waals surface area contributed by atoms with Crippen LogP contribution < -0.4 is 95.9 Å². The molecule has 0 aliphatic heterocycles. The van der Waals surface area contributed by atoms with Gasteiger partial charge in [-0.25, -0.2) is 0 Å². The number of benzene rings is 5. The summed E-state index contributed by atoms with van der Waals surface area (Å²) in [4.78, 5) is 125. The Morgan fingerprint density at radius 1 is 0.362 bits per heavy atom. The van der Waals surface area contributed by atoms with Crippen LogP contribution in [0.25, 0.3) is 0 Å². The third-order valence-corrected chi connectivity index (χ3v) is 15.3. The molecule has 0 aliphatic rings. The van der Waals surface area contributed by atoms with E-state index in [1.807, 2.05) is 30.3 Å². The Balaban J connectivity index is 1.34. The van der Waals surface area contributed by atoms with E-state index in [2.05, 4.69) is 42.5 Å². The molecule has 0 saturated carbocycles. The Morgan fingerprint density at radius 2 is 0.649 bits per heavy atom. The normalized spacial score (nSPS) is 12.5. The van der Waals surface area contributed by atoms with E-state index in [0.717, 1.165) is 18.4 Å². The van der Waals surface area contributed by atoms with Gasteiger partial charge in [0.1, 0.15) is 47.2 Å². The maximum atomic E-state index is 14.4. The lowest BCUT2D eigenvalue weighted by Gasteiger charge is -2.22. The van der Waals surface area contributed by atoms with Crippen molar-refractivity contribution in [2.75, 3.05) is 75.9 Å². The molecule has 94 heavy (non-hydrogen) atoms. The number of ether oxygens (including phenoxy) is 4. The van der Waals surface area contributed by atoms with Gasteiger partial charge in [0, 0.05) is 22.7 Å². The van der Waals surface area contributed by atoms with Crippen molar-refractivity contribution in [1.82, 2.24) is 21.3 Å². The number of anilines is 4. The van der Waals surface area contributed by atoms with Gasteiger partial charge in [0.15, 0.2) is 0 Å². The predicted molar refractivity (Wildman–Crippen MR) is 360 cm³/mol. The summed E-state index contributed by atoms with van der Waals surface area (Å²) < 4.78 is 21.9. The highest BCUT2D eigenvalue weighted by Gasteiger charge is 2.30. The fourth-order valence-corrected chi connectivity index (χ4v) is 10.1. The number of hydrogen-bond acceptors (Lipinski definition) is 18. The second-order valence-electron chi connectivity index (χ2n) is 22.3. The zero-order chi connectivity index (χ0) is 68.5. The Labute approximate surface area is 548 Å². The van der Waals surface area contributed by atoms with Crippen LogP contribution in [0, 0.1) is 0 Å². The number of nitrogens with one attached hydrogen (secondary N) is 8. The summed E-state index contributed by atoms with van der Waals surface area (Å²) in [5.41, 5.74) is 36.4. The van der Waals surface area contributed by atoms with Crippen molar-refractivity contribution < 1.29 is 62.1 Å². The number of carbonyl (C=O) groups is 9. The van der Waals surface area contributed by atoms with Crippen molar-refractivity contribution in [1.29, 1.82) is 0 Å². The number of rotatable bonds is 41. The van der Waals surface area contributed by atoms with E-state index in [0.29, 0.717) is 77.5 Å².